The lowest BCUT2D eigenvalue weighted by Gasteiger charge is -2.27. The number of rotatable bonds is 4. The zero-order valence-electron chi connectivity index (χ0n) is 10.4. The van der Waals surface area contributed by atoms with Crippen LogP contribution in [-0.2, 0) is 4.74 Å². The molecule has 2 nitrogen and oxygen atoms in total. The van der Waals surface area contributed by atoms with Crippen LogP contribution >= 0.6 is 0 Å². The number of hydrogen-bond acceptors (Lipinski definition) is 2. The van der Waals surface area contributed by atoms with Crippen molar-refractivity contribution in [1.29, 1.82) is 0 Å². The second kappa shape index (κ2) is 5.97. The van der Waals surface area contributed by atoms with Crippen molar-refractivity contribution < 1.29 is 9.53 Å². The molecule has 0 heterocycles. The number of benzene rings is 1. The number of methoxy groups -OCH3 is 1. The van der Waals surface area contributed by atoms with E-state index < -0.39 is 0 Å². The molecule has 0 aliphatic heterocycles. The standard InChI is InChI=1S/C15H20O2/c1-17-11-12-7-9-14(10-8-12)15(16)13-5-3-2-4-6-13/h2-6,12,14H,7-11H2,1H3. The molecule has 0 spiro atoms. The summed E-state index contributed by atoms with van der Waals surface area (Å²) >= 11 is 0. The molecule has 0 unspecified atom stereocenters. The van der Waals surface area contributed by atoms with Crippen LogP contribution in [-0.4, -0.2) is 19.5 Å². The summed E-state index contributed by atoms with van der Waals surface area (Å²) < 4.78 is 5.18. The molecule has 1 aliphatic rings. The summed E-state index contributed by atoms with van der Waals surface area (Å²) in [4.78, 5) is 12.2. The Bertz CT molecular complexity index is 350. The molecule has 0 amide bonds. The van der Waals surface area contributed by atoms with Gasteiger partial charge in [0.1, 0.15) is 0 Å². The summed E-state index contributed by atoms with van der Waals surface area (Å²) in [7, 11) is 1.75. The van der Waals surface area contributed by atoms with E-state index in [9.17, 15) is 4.79 Å². The van der Waals surface area contributed by atoms with Gasteiger partial charge in [0.2, 0.25) is 0 Å². The summed E-state index contributed by atoms with van der Waals surface area (Å²) in [6, 6.07) is 9.66. The molecular weight excluding hydrogens is 212 g/mol. The van der Waals surface area contributed by atoms with Gasteiger partial charge in [-0.2, -0.15) is 0 Å². The van der Waals surface area contributed by atoms with Crippen molar-refractivity contribution in [3.8, 4) is 0 Å². The molecule has 0 N–H and O–H groups in total. The second-order valence-corrected chi connectivity index (χ2v) is 4.90. The Morgan fingerprint density at radius 3 is 2.41 bits per heavy atom. The normalized spacial score (nSPS) is 24.5. The first-order valence-electron chi connectivity index (χ1n) is 6.39. The van der Waals surface area contributed by atoms with Crippen LogP contribution in [0.25, 0.3) is 0 Å². The number of carbonyl (C=O) groups is 1. The maximum absolute atomic E-state index is 12.2. The number of ketones is 1. The number of carbonyl (C=O) groups excluding carboxylic acids is 1. The van der Waals surface area contributed by atoms with E-state index in [1.807, 2.05) is 30.3 Å². The van der Waals surface area contributed by atoms with Gasteiger partial charge in [0.25, 0.3) is 0 Å². The van der Waals surface area contributed by atoms with Gasteiger partial charge in [-0.25, -0.2) is 0 Å². The predicted molar refractivity (Wildman–Crippen MR) is 68.1 cm³/mol. The van der Waals surface area contributed by atoms with Gasteiger partial charge in [-0.05, 0) is 31.6 Å². The van der Waals surface area contributed by atoms with E-state index in [1.54, 1.807) is 7.11 Å². The highest BCUT2D eigenvalue weighted by molar-refractivity contribution is 5.97. The summed E-state index contributed by atoms with van der Waals surface area (Å²) in [6.07, 6.45) is 4.28. The zero-order chi connectivity index (χ0) is 12.1. The van der Waals surface area contributed by atoms with Gasteiger partial charge in [-0.3, -0.25) is 4.79 Å². The monoisotopic (exact) mass is 232 g/mol. The van der Waals surface area contributed by atoms with Crippen molar-refractivity contribution in [2.75, 3.05) is 13.7 Å². The van der Waals surface area contributed by atoms with Crippen molar-refractivity contribution in [2.45, 2.75) is 25.7 Å². The van der Waals surface area contributed by atoms with Gasteiger partial charge in [0, 0.05) is 25.2 Å². The van der Waals surface area contributed by atoms with Gasteiger partial charge in [-0.15, -0.1) is 0 Å². The van der Waals surface area contributed by atoms with Crippen LogP contribution in [0, 0.1) is 11.8 Å². The molecule has 1 aliphatic carbocycles. The Kier molecular flexibility index (Phi) is 4.32. The highest BCUT2D eigenvalue weighted by Gasteiger charge is 2.26. The number of ether oxygens (including phenoxy) is 1. The van der Waals surface area contributed by atoms with E-state index in [0.29, 0.717) is 11.7 Å². The third-order valence-electron chi connectivity index (χ3n) is 3.68. The molecular formula is C15H20O2. The van der Waals surface area contributed by atoms with Crippen LogP contribution in [0.4, 0.5) is 0 Å². The molecule has 17 heavy (non-hydrogen) atoms. The Morgan fingerprint density at radius 2 is 1.82 bits per heavy atom. The average Bonchev–Trinajstić information content (AvgIpc) is 2.40. The van der Waals surface area contributed by atoms with E-state index in [1.165, 1.54) is 0 Å². The minimum atomic E-state index is 0.227. The molecule has 1 aromatic carbocycles. The zero-order valence-corrected chi connectivity index (χ0v) is 10.4. The molecule has 0 atom stereocenters. The predicted octanol–water partition coefficient (Wildman–Crippen LogP) is 3.32. The molecule has 92 valence electrons. The van der Waals surface area contributed by atoms with Crippen LogP contribution in [0.1, 0.15) is 36.0 Å². The van der Waals surface area contributed by atoms with Gasteiger partial charge < -0.3 is 4.74 Å². The topological polar surface area (TPSA) is 26.3 Å². The van der Waals surface area contributed by atoms with Crippen LogP contribution < -0.4 is 0 Å². The lowest BCUT2D eigenvalue weighted by Crippen LogP contribution is -2.23. The molecule has 2 heteroatoms. The number of Topliss-reactive ketones (excluding diaryl/α,β-unsaturated/α-hetero) is 1. The second-order valence-electron chi connectivity index (χ2n) is 4.90. The van der Waals surface area contributed by atoms with Crippen LogP contribution in [0.3, 0.4) is 0 Å². The number of hydrogen-bond donors (Lipinski definition) is 0. The molecule has 0 aromatic heterocycles. The largest absolute Gasteiger partial charge is 0.384 e. The Labute approximate surface area is 103 Å². The summed E-state index contributed by atoms with van der Waals surface area (Å²) in [6.45, 7) is 0.840. The van der Waals surface area contributed by atoms with E-state index in [4.69, 9.17) is 4.74 Å². The third-order valence-corrected chi connectivity index (χ3v) is 3.68. The molecule has 0 bridgehead atoms. The minimum Gasteiger partial charge on any atom is -0.384 e. The molecule has 1 saturated carbocycles. The molecule has 0 saturated heterocycles. The SMILES string of the molecule is COCC1CCC(C(=O)c2ccccc2)CC1. The Morgan fingerprint density at radius 1 is 1.18 bits per heavy atom. The third kappa shape index (κ3) is 3.16. The van der Waals surface area contributed by atoms with Crippen molar-refractivity contribution in [1.82, 2.24) is 0 Å². The quantitative estimate of drug-likeness (QED) is 0.744. The lowest BCUT2D eigenvalue weighted by molar-refractivity contribution is 0.0813. The summed E-state index contributed by atoms with van der Waals surface area (Å²) in [5.41, 5.74) is 0.864. The van der Waals surface area contributed by atoms with Crippen LogP contribution in [0.15, 0.2) is 30.3 Å². The minimum absolute atomic E-state index is 0.227. The van der Waals surface area contributed by atoms with Crippen LogP contribution in [0.5, 0.6) is 0 Å². The van der Waals surface area contributed by atoms with Gasteiger partial charge >= 0.3 is 0 Å². The van der Waals surface area contributed by atoms with Crippen molar-refractivity contribution in [3.63, 3.8) is 0 Å². The fourth-order valence-corrected chi connectivity index (χ4v) is 2.67. The highest BCUT2D eigenvalue weighted by atomic mass is 16.5. The summed E-state index contributed by atoms with van der Waals surface area (Å²) in [5.74, 6) is 1.20. The smallest absolute Gasteiger partial charge is 0.165 e. The average molecular weight is 232 g/mol. The summed E-state index contributed by atoms with van der Waals surface area (Å²) in [5, 5.41) is 0. The first-order chi connectivity index (χ1) is 8.31. The Hall–Kier alpha value is -1.15. The lowest BCUT2D eigenvalue weighted by atomic mass is 9.79. The van der Waals surface area contributed by atoms with Crippen molar-refractivity contribution in [3.05, 3.63) is 35.9 Å². The highest BCUT2D eigenvalue weighted by Crippen LogP contribution is 2.31. The fraction of sp³-hybridized carbons (Fsp3) is 0.533. The van der Waals surface area contributed by atoms with Crippen LogP contribution in [0.2, 0.25) is 0 Å². The molecule has 2 rings (SSSR count). The van der Waals surface area contributed by atoms with Gasteiger partial charge in [0.15, 0.2) is 5.78 Å². The molecule has 1 aromatic rings. The van der Waals surface area contributed by atoms with E-state index in [2.05, 4.69) is 0 Å². The van der Waals surface area contributed by atoms with Gasteiger partial charge in [0.05, 0.1) is 0 Å². The van der Waals surface area contributed by atoms with E-state index in [-0.39, 0.29) is 5.92 Å². The molecule has 0 radical (unpaired) electrons. The van der Waals surface area contributed by atoms with Crippen molar-refractivity contribution >= 4 is 5.78 Å². The first kappa shape index (κ1) is 12.3. The van der Waals surface area contributed by atoms with Gasteiger partial charge in [-0.1, -0.05) is 30.3 Å². The molecule has 1 fully saturated rings. The van der Waals surface area contributed by atoms with E-state index in [0.717, 1.165) is 37.9 Å². The van der Waals surface area contributed by atoms with E-state index >= 15 is 0 Å². The fourth-order valence-electron chi connectivity index (χ4n) is 2.67. The van der Waals surface area contributed by atoms with Crippen molar-refractivity contribution in [2.24, 2.45) is 11.8 Å². The maximum Gasteiger partial charge on any atom is 0.165 e. The first-order valence-corrected chi connectivity index (χ1v) is 6.39. The maximum atomic E-state index is 12.2. The Balaban J connectivity index is 1.91.